The van der Waals surface area contributed by atoms with Crippen LogP contribution < -0.4 is 0 Å². The summed E-state index contributed by atoms with van der Waals surface area (Å²) in [6.07, 6.45) is 1.00. The Hall–Kier alpha value is -2.73. The molecule has 1 N–H and O–H groups in total. The molecule has 1 amide bonds. The number of hydrogen-bond acceptors (Lipinski definition) is 3. The van der Waals surface area contributed by atoms with Gasteiger partial charge in [0.15, 0.2) is 0 Å². The van der Waals surface area contributed by atoms with Gasteiger partial charge in [0.05, 0.1) is 11.3 Å². The van der Waals surface area contributed by atoms with Crippen LogP contribution in [-0.2, 0) is 19.7 Å². The molecule has 2 aromatic rings. The third-order valence-electron chi connectivity index (χ3n) is 6.30. The molecule has 2 aliphatic heterocycles. The molecule has 2 saturated heterocycles. The monoisotopic (exact) mass is 397 g/mol. The van der Waals surface area contributed by atoms with Crippen molar-refractivity contribution in [2.24, 2.45) is 5.92 Å². The van der Waals surface area contributed by atoms with Crippen molar-refractivity contribution in [1.82, 2.24) is 4.90 Å². The first kappa shape index (κ1) is 19.6. The van der Waals surface area contributed by atoms with Crippen LogP contribution in [0.15, 0.2) is 54.6 Å². The number of carbonyl (C=O) groups excluding carboxylic acids is 1. The van der Waals surface area contributed by atoms with Crippen LogP contribution in [0.1, 0.15) is 29.9 Å². The van der Waals surface area contributed by atoms with E-state index in [4.69, 9.17) is 4.74 Å². The number of likely N-dealkylation sites (tertiary alicyclic amines) is 1. The SMILES string of the molecule is O=C(O)[C@@H]1CN(C(=O)C2(c3ccc(F)cc3)CCOCC2)C[C@@H]1c1ccccc1. The average Bonchev–Trinajstić information content (AvgIpc) is 3.21. The van der Waals surface area contributed by atoms with Crippen LogP contribution in [0.2, 0.25) is 0 Å². The second-order valence-electron chi connectivity index (χ2n) is 7.87. The minimum Gasteiger partial charge on any atom is -0.481 e. The third-order valence-corrected chi connectivity index (χ3v) is 6.30. The first-order chi connectivity index (χ1) is 14.0. The van der Waals surface area contributed by atoms with E-state index in [0.29, 0.717) is 32.6 Å². The molecule has 0 aromatic heterocycles. The van der Waals surface area contributed by atoms with Crippen molar-refractivity contribution in [2.75, 3.05) is 26.3 Å². The van der Waals surface area contributed by atoms with E-state index < -0.39 is 17.3 Å². The number of benzene rings is 2. The van der Waals surface area contributed by atoms with Gasteiger partial charge in [-0.2, -0.15) is 0 Å². The second kappa shape index (κ2) is 7.95. The number of nitrogens with zero attached hydrogens (tertiary/aromatic N) is 1. The number of rotatable bonds is 4. The zero-order valence-corrected chi connectivity index (χ0v) is 16.1. The summed E-state index contributed by atoms with van der Waals surface area (Å²) in [6.45, 7) is 1.43. The molecule has 0 bridgehead atoms. The molecular weight excluding hydrogens is 373 g/mol. The van der Waals surface area contributed by atoms with E-state index in [1.165, 1.54) is 12.1 Å². The molecule has 0 spiro atoms. The minimum absolute atomic E-state index is 0.0860. The number of carboxylic acids is 1. The van der Waals surface area contributed by atoms with Gasteiger partial charge in [0, 0.05) is 32.2 Å². The summed E-state index contributed by atoms with van der Waals surface area (Å²) < 4.78 is 19.0. The Bertz CT molecular complexity index is 878. The summed E-state index contributed by atoms with van der Waals surface area (Å²) >= 11 is 0. The smallest absolute Gasteiger partial charge is 0.308 e. The number of ether oxygens (including phenoxy) is 1. The highest BCUT2D eigenvalue weighted by Crippen LogP contribution is 2.41. The molecule has 5 nitrogen and oxygen atoms in total. The Morgan fingerprint density at radius 3 is 2.28 bits per heavy atom. The summed E-state index contributed by atoms with van der Waals surface area (Å²) in [7, 11) is 0. The zero-order valence-electron chi connectivity index (χ0n) is 16.1. The molecule has 0 saturated carbocycles. The number of amides is 1. The fraction of sp³-hybridized carbons (Fsp3) is 0.391. The van der Waals surface area contributed by atoms with E-state index in [1.54, 1.807) is 17.0 Å². The summed E-state index contributed by atoms with van der Waals surface area (Å²) in [5.74, 6) is -2.22. The molecule has 0 aliphatic carbocycles. The van der Waals surface area contributed by atoms with E-state index >= 15 is 0 Å². The first-order valence-electron chi connectivity index (χ1n) is 9.92. The second-order valence-corrected chi connectivity index (χ2v) is 7.87. The van der Waals surface area contributed by atoms with Crippen molar-refractivity contribution in [3.05, 3.63) is 71.5 Å². The maximum absolute atomic E-state index is 13.7. The quantitative estimate of drug-likeness (QED) is 0.860. The minimum atomic E-state index is -0.892. The lowest BCUT2D eigenvalue weighted by Gasteiger charge is -2.39. The summed E-state index contributed by atoms with van der Waals surface area (Å²) in [6, 6.07) is 15.6. The van der Waals surface area contributed by atoms with Gasteiger partial charge in [0.2, 0.25) is 5.91 Å². The van der Waals surface area contributed by atoms with Crippen molar-refractivity contribution < 1.29 is 23.8 Å². The van der Waals surface area contributed by atoms with E-state index in [-0.39, 0.29) is 24.2 Å². The van der Waals surface area contributed by atoms with Gasteiger partial charge in [-0.15, -0.1) is 0 Å². The molecule has 0 unspecified atom stereocenters. The lowest BCUT2D eigenvalue weighted by atomic mass is 9.73. The number of carboxylic acid groups (broad SMARTS) is 1. The van der Waals surface area contributed by atoms with Crippen molar-refractivity contribution in [1.29, 1.82) is 0 Å². The van der Waals surface area contributed by atoms with Gasteiger partial charge in [-0.1, -0.05) is 42.5 Å². The summed E-state index contributed by atoms with van der Waals surface area (Å²) in [4.78, 5) is 27.3. The number of hydrogen-bond donors (Lipinski definition) is 1. The van der Waals surface area contributed by atoms with E-state index in [2.05, 4.69) is 0 Å². The van der Waals surface area contributed by atoms with Gasteiger partial charge >= 0.3 is 5.97 Å². The predicted molar refractivity (Wildman–Crippen MR) is 105 cm³/mol. The van der Waals surface area contributed by atoms with Crippen LogP contribution in [0, 0.1) is 11.7 Å². The molecular formula is C23H24FNO4. The third kappa shape index (κ3) is 3.65. The van der Waals surface area contributed by atoms with Gasteiger partial charge in [-0.3, -0.25) is 9.59 Å². The highest BCUT2D eigenvalue weighted by atomic mass is 19.1. The van der Waals surface area contributed by atoms with Crippen LogP contribution in [-0.4, -0.2) is 48.2 Å². The summed E-state index contributed by atoms with van der Waals surface area (Å²) in [5.41, 5.74) is 0.890. The van der Waals surface area contributed by atoms with Gasteiger partial charge in [0.1, 0.15) is 5.82 Å². The molecule has 2 atom stereocenters. The van der Waals surface area contributed by atoms with E-state index in [9.17, 15) is 19.1 Å². The Balaban J connectivity index is 1.66. The van der Waals surface area contributed by atoms with Crippen LogP contribution in [0.5, 0.6) is 0 Å². The topological polar surface area (TPSA) is 66.8 Å². The molecule has 2 aliphatic rings. The molecule has 152 valence electrons. The molecule has 0 radical (unpaired) electrons. The zero-order chi connectivity index (χ0) is 20.4. The standard InChI is InChI=1S/C23H24FNO4/c24-18-8-6-17(7-9-18)23(10-12-29-13-11-23)22(28)25-14-19(20(15-25)21(26)27)16-4-2-1-3-5-16/h1-9,19-20H,10-15H2,(H,26,27)/t19-,20-/m1/s1. The molecule has 4 rings (SSSR count). The Morgan fingerprint density at radius 2 is 1.66 bits per heavy atom. The van der Waals surface area contributed by atoms with Crippen molar-refractivity contribution in [3.63, 3.8) is 0 Å². The number of aliphatic carboxylic acids is 1. The van der Waals surface area contributed by atoms with Crippen LogP contribution in [0.3, 0.4) is 0 Å². The molecule has 2 heterocycles. The Morgan fingerprint density at radius 1 is 1.00 bits per heavy atom. The lowest BCUT2D eigenvalue weighted by Crippen LogP contribution is -2.49. The first-order valence-corrected chi connectivity index (χ1v) is 9.92. The Labute approximate surface area is 169 Å². The van der Waals surface area contributed by atoms with Crippen molar-refractivity contribution in [3.8, 4) is 0 Å². The fourth-order valence-electron chi connectivity index (χ4n) is 4.68. The largest absolute Gasteiger partial charge is 0.481 e. The van der Waals surface area contributed by atoms with Crippen molar-refractivity contribution in [2.45, 2.75) is 24.2 Å². The highest BCUT2D eigenvalue weighted by molar-refractivity contribution is 5.89. The number of carbonyl (C=O) groups is 2. The van der Waals surface area contributed by atoms with Gasteiger partial charge in [-0.25, -0.2) is 4.39 Å². The highest BCUT2D eigenvalue weighted by Gasteiger charge is 2.48. The van der Waals surface area contributed by atoms with Gasteiger partial charge < -0.3 is 14.7 Å². The summed E-state index contributed by atoms with van der Waals surface area (Å²) in [5, 5.41) is 9.77. The Kier molecular flexibility index (Phi) is 5.37. The molecule has 29 heavy (non-hydrogen) atoms. The van der Waals surface area contributed by atoms with Crippen LogP contribution in [0.4, 0.5) is 4.39 Å². The molecule has 2 fully saturated rings. The van der Waals surface area contributed by atoms with E-state index in [1.807, 2.05) is 30.3 Å². The molecule has 6 heteroatoms. The van der Waals surface area contributed by atoms with Gasteiger partial charge in [-0.05, 0) is 36.1 Å². The van der Waals surface area contributed by atoms with E-state index in [0.717, 1.165) is 11.1 Å². The fourth-order valence-corrected chi connectivity index (χ4v) is 4.68. The molecule has 2 aromatic carbocycles. The number of halogens is 1. The maximum atomic E-state index is 13.7. The van der Waals surface area contributed by atoms with Gasteiger partial charge in [0.25, 0.3) is 0 Å². The van der Waals surface area contributed by atoms with Crippen LogP contribution in [0.25, 0.3) is 0 Å². The normalized spacial score (nSPS) is 23.7. The lowest BCUT2D eigenvalue weighted by molar-refractivity contribution is -0.143. The van der Waals surface area contributed by atoms with Crippen molar-refractivity contribution >= 4 is 11.9 Å². The predicted octanol–water partition coefficient (Wildman–Crippen LogP) is 3.20. The maximum Gasteiger partial charge on any atom is 0.308 e. The van der Waals surface area contributed by atoms with Crippen LogP contribution >= 0.6 is 0 Å². The average molecular weight is 397 g/mol.